The molecule has 4 nitrogen and oxygen atoms in total. The van der Waals surface area contributed by atoms with Gasteiger partial charge in [0.15, 0.2) is 0 Å². The number of rotatable bonds is 4. The Balaban J connectivity index is 1.83. The van der Waals surface area contributed by atoms with Crippen molar-refractivity contribution in [3.63, 3.8) is 0 Å². The highest BCUT2D eigenvalue weighted by Gasteiger charge is 2.37. The van der Waals surface area contributed by atoms with Gasteiger partial charge in [0.25, 0.3) is 0 Å². The second kappa shape index (κ2) is 5.70. The molecular formula is C17H18FNO3S. The highest BCUT2D eigenvalue weighted by Crippen LogP contribution is 2.36. The lowest BCUT2D eigenvalue weighted by atomic mass is 9.96. The van der Waals surface area contributed by atoms with E-state index in [9.17, 15) is 17.9 Å². The Bertz CT molecular complexity index is 851. The SMILES string of the molecule is Cc1cc(F)ccc1S(=O)(=O)NC[C@]1(O)CCc2ccccc21. The van der Waals surface area contributed by atoms with Crippen molar-refractivity contribution in [3.05, 3.63) is 65.0 Å². The van der Waals surface area contributed by atoms with Crippen LogP contribution in [0.5, 0.6) is 0 Å². The van der Waals surface area contributed by atoms with Gasteiger partial charge in [-0.1, -0.05) is 24.3 Å². The smallest absolute Gasteiger partial charge is 0.240 e. The van der Waals surface area contributed by atoms with E-state index in [0.29, 0.717) is 18.4 Å². The summed E-state index contributed by atoms with van der Waals surface area (Å²) in [4.78, 5) is 0.0220. The van der Waals surface area contributed by atoms with Crippen molar-refractivity contribution in [2.24, 2.45) is 0 Å². The van der Waals surface area contributed by atoms with Crippen LogP contribution in [0.25, 0.3) is 0 Å². The molecule has 0 radical (unpaired) electrons. The van der Waals surface area contributed by atoms with Crippen LogP contribution >= 0.6 is 0 Å². The van der Waals surface area contributed by atoms with Crippen molar-refractivity contribution < 1.29 is 17.9 Å². The maximum absolute atomic E-state index is 13.1. The van der Waals surface area contributed by atoms with Crippen LogP contribution in [0, 0.1) is 12.7 Å². The second-order valence-corrected chi connectivity index (χ2v) is 7.66. The molecule has 3 rings (SSSR count). The minimum Gasteiger partial charge on any atom is -0.384 e. The van der Waals surface area contributed by atoms with E-state index in [2.05, 4.69) is 4.72 Å². The molecule has 2 aromatic rings. The Hall–Kier alpha value is -1.76. The number of aryl methyl sites for hydroxylation is 2. The summed E-state index contributed by atoms with van der Waals surface area (Å²) in [6.45, 7) is 1.43. The molecule has 2 N–H and O–H groups in total. The van der Waals surface area contributed by atoms with Gasteiger partial charge in [0, 0.05) is 6.54 Å². The first kappa shape index (κ1) is 16.1. The summed E-state index contributed by atoms with van der Waals surface area (Å²) < 4.78 is 40.5. The van der Waals surface area contributed by atoms with Crippen LogP contribution in [-0.2, 0) is 22.0 Å². The number of nitrogens with one attached hydrogen (secondary N) is 1. The molecule has 0 spiro atoms. The maximum atomic E-state index is 13.1. The molecule has 0 saturated heterocycles. The Morgan fingerprint density at radius 2 is 2.00 bits per heavy atom. The van der Waals surface area contributed by atoms with Crippen LogP contribution < -0.4 is 4.72 Å². The predicted molar refractivity (Wildman–Crippen MR) is 85.0 cm³/mol. The zero-order chi connectivity index (χ0) is 16.7. The average molecular weight is 335 g/mol. The average Bonchev–Trinajstić information content (AvgIpc) is 2.84. The standard InChI is InChI=1S/C17H18FNO3S/c1-12-10-14(18)6-7-16(12)23(21,22)19-11-17(20)9-8-13-4-2-3-5-15(13)17/h2-7,10,19-20H,8-9,11H2,1H3/t17-/m1/s1. The van der Waals surface area contributed by atoms with Gasteiger partial charge in [0.1, 0.15) is 11.4 Å². The van der Waals surface area contributed by atoms with Gasteiger partial charge in [0.05, 0.1) is 4.90 Å². The monoisotopic (exact) mass is 335 g/mol. The van der Waals surface area contributed by atoms with Gasteiger partial charge in [-0.3, -0.25) is 0 Å². The molecule has 0 fully saturated rings. The fourth-order valence-electron chi connectivity index (χ4n) is 3.06. The van der Waals surface area contributed by atoms with Crippen molar-refractivity contribution in [3.8, 4) is 0 Å². The quantitative estimate of drug-likeness (QED) is 0.900. The summed E-state index contributed by atoms with van der Waals surface area (Å²) in [6.07, 6.45) is 1.18. The lowest BCUT2D eigenvalue weighted by Gasteiger charge is -2.24. The summed E-state index contributed by atoms with van der Waals surface area (Å²) in [7, 11) is -3.81. The predicted octanol–water partition coefficient (Wildman–Crippen LogP) is 2.25. The Labute approximate surface area is 135 Å². The van der Waals surface area contributed by atoms with Crippen molar-refractivity contribution in [1.82, 2.24) is 4.72 Å². The van der Waals surface area contributed by atoms with Gasteiger partial charge in [-0.25, -0.2) is 17.5 Å². The third-order valence-corrected chi connectivity index (χ3v) is 5.87. The van der Waals surface area contributed by atoms with Crippen LogP contribution in [0.4, 0.5) is 4.39 Å². The van der Waals surface area contributed by atoms with Crippen LogP contribution in [0.2, 0.25) is 0 Å². The first-order valence-electron chi connectivity index (χ1n) is 7.38. The molecule has 2 aromatic carbocycles. The van der Waals surface area contributed by atoms with Crippen molar-refractivity contribution in [2.45, 2.75) is 30.3 Å². The molecule has 6 heteroatoms. The first-order chi connectivity index (χ1) is 10.8. The number of benzene rings is 2. The molecule has 1 atom stereocenters. The molecule has 0 saturated carbocycles. The summed E-state index contributed by atoms with van der Waals surface area (Å²) in [6, 6.07) is 11.0. The number of halogens is 1. The fraction of sp³-hybridized carbons (Fsp3) is 0.294. The molecule has 0 unspecified atom stereocenters. The number of hydrogen-bond donors (Lipinski definition) is 2. The molecular weight excluding hydrogens is 317 g/mol. The van der Waals surface area contributed by atoms with Crippen molar-refractivity contribution in [2.75, 3.05) is 6.54 Å². The van der Waals surface area contributed by atoms with Gasteiger partial charge in [-0.2, -0.15) is 0 Å². The number of sulfonamides is 1. The Morgan fingerprint density at radius 1 is 1.26 bits per heavy atom. The number of fused-ring (bicyclic) bond motifs is 1. The van der Waals surface area contributed by atoms with E-state index >= 15 is 0 Å². The largest absolute Gasteiger partial charge is 0.384 e. The van der Waals surface area contributed by atoms with Crippen molar-refractivity contribution >= 4 is 10.0 Å². The highest BCUT2D eigenvalue weighted by molar-refractivity contribution is 7.89. The Morgan fingerprint density at radius 3 is 2.74 bits per heavy atom. The van der Waals surface area contributed by atoms with Crippen LogP contribution in [0.3, 0.4) is 0 Å². The number of hydrogen-bond acceptors (Lipinski definition) is 3. The lowest BCUT2D eigenvalue weighted by Crippen LogP contribution is -2.39. The van der Waals surface area contributed by atoms with E-state index < -0.39 is 21.4 Å². The maximum Gasteiger partial charge on any atom is 0.240 e. The summed E-state index contributed by atoms with van der Waals surface area (Å²) in [5.74, 6) is -0.482. The fourth-order valence-corrected chi connectivity index (χ4v) is 4.37. The molecule has 0 aromatic heterocycles. The zero-order valence-corrected chi connectivity index (χ0v) is 13.5. The molecule has 0 amide bonds. The molecule has 23 heavy (non-hydrogen) atoms. The molecule has 0 bridgehead atoms. The lowest BCUT2D eigenvalue weighted by molar-refractivity contribution is 0.0442. The molecule has 0 aliphatic heterocycles. The van der Waals surface area contributed by atoms with E-state index in [1.807, 2.05) is 24.3 Å². The van der Waals surface area contributed by atoms with E-state index in [4.69, 9.17) is 0 Å². The van der Waals surface area contributed by atoms with Crippen LogP contribution in [-0.4, -0.2) is 20.1 Å². The van der Waals surface area contributed by atoms with E-state index in [0.717, 1.165) is 17.2 Å². The molecule has 1 aliphatic rings. The first-order valence-corrected chi connectivity index (χ1v) is 8.87. The van der Waals surface area contributed by atoms with Gasteiger partial charge in [-0.15, -0.1) is 0 Å². The van der Waals surface area contributed by atoms with E-state index in [1.165, 1.54) is 19.1 Å². The molecule has 0 heterocycles. The minimum atomic E-state index is -3.81. The molecule has 1 aliphatic carbocycles. The minimum absolute atomic E-state index is 0.0220. The van der Waals surface area contributed by atoms with Crippen LogP contribution in [0.15, 0.2) is 47.4 Å². The summed E-state index contributed by atoms with van der Waals surface area (Å²) in [5, 5.41) is 10.8. The number of aliphatic hydroxyl groups is 1. The van der Waals surface area contributed by atoms with Gasteiger partial charge in [-0.05, 0) is 54.7 Å². The highest BCUT2D eigenvalue weighted by atomic mass is 32.2. The van der Waals surface area contributed by atoms with E-state index in [1.54, 1.807) is 0 Å². The Kier molecular flexibility index (Phi) is 4.00. The third-order valence-electron chi connectivity index (χ3n) is 4.31. The van der Waals surface area contributed by atoms with Gasteiger partial charge < -0.3 is 5.11 Å². The summed E-state index contributed by atoms with van der Waals surface area (Å²) >= 11 is 0. The summed E-state index contributed by atoms with van der Waals surface area (Å²) in [5.41, 5.74) is 0.916. The molecule has 122 valence electrons. The van der Waals surface area contributed by atoms with Gasteiger partial charge in [0.2, 0.25) is 10.0 Å². The second-order valence-electron chi connectivity index (χ2n) is 5.92. The van der Waals surface area contributed by atoms with Gasteiger partial charge >= 0.3 is 0 Å². The van der Waals surface area contributed by atoms with Crippen LogP contribution in [0.1, 0.15) is 23.1 Å². The normalized spacial score (nSPS) is 20.5. The third kappa shape index (κ3) is 3.02. The zero-order valence-electron chi connectivity index (χ0n) is 12.7. The topological polar surface area (TPSA) is 66.4 Å². The van der Waals surface area contributed by atoms with Crippen molar-refractivity contribution in [1.29, 1.82) is 0 Å². The van der Waals surface area contributed by atoms with E-state index in [-0.39, 0.29) is 11.4 Å².